The molecular weight excluding hydrogens is 324 g/mol. The van der Waals surface area contributed by atoms with Gasteiger partial charge in [-0.15, -0.1) is 0 Å². The molecule has 4 heterocycles. The van der Waals surface area contributed by atoms with E-state index in [0.717, 1.165) is 18.5 Å². The van der Waals surface area contributed by atoms with Crippen LogP contribution >= 0.6 is 0 Å². The first-order chi connectivity index (χ1) is 12.2. The van der Waals surface area contributed by atoms with Gasteiger partial charge in [0.1, 0.15) is 0 Å². The zero-order valence-corrected chi connectivity index (χ0v) is 13.9. The minimum atomic E-state index is -0.583. The Labute approximate surface area is 145 Å². The lowest BCUT2D eigenvalue weighted by Gasteiger charge is -2.42. The summed E-state index contributed by atoms with van der Waals surface area (Å²) in [5.41, 5.74) is 0.306. The minimum Gasteiger partial charge on any atom is -0.454 e. The van der Waals surface area contributed by atoms with E-state index in [4.69, 9.17) is 14.2 Å². The Bertz CT molecular complexity index is 751. The van der Waals surface area contributed by atoms with E-state index < -0.39 is 5.72 Å². The van der Waals surface area contributed by atoms with Gasteiger partial charge in [-0.25, -0.2) is 0 Å². The number of rotatable bonds is 2. The fourth-order valence-electron chi connectivity index (χ4n) is 4.58. The summed E-state index contributed by atoms with van der Waals surface area (Å²) in [4.78, 5) is 28.9. The van der Waals surface area contributed by atoms with E-state index in [2.05, 4.69) is 0 Å². The average Bonchev–Trinajstić information content (AvgIpc) is 3.27. The second kappa shape index (κ2) is 5.36. The van der Waals surface area contributed by atoms with E-state index in [-0.39, 0.29) is 31.1 Å². The number of benzene rings is 1. The van der Waals surface area contributed by atoms with Crippen LogP contribution in [0.2, 0.25) is 0 Å². The Morgan fingerprint density at radius 2 is 2.12 bits per heavy atom. The molecule has 0 aromatic heterocycles. The van der Waals surface area contributed by atoms with Gasteiger partial charge in [0.15, 0.2) is 17.2 Å². The molecule has 4 aliphatic heterocycles. The van der Waals surface area contributed by atoms with Crippen LogP contribution in [0.5, 0.6) is 11.5 Å². The fourth-order valence-corrected chi connectivity index (χ4v) is 4.58. The zero-order chi connectivity index (χ0) is 17.0. The van der Waals surface area contributed by atoms with Gasteiger partial charge in [-0.1, -0.05) is 6.07 Å². The normalized spacial score (nSPS) is 29.8. The maximum absolute atomic E-state index is 12.9. The molecule has 4 aliphatic rings. The third kappa shape index (κ3) is 2.15. The third-order valence-corrected chi connectivity index (χ3v) is 5.72. The summed E-state index contributed by atoms with van der Waals surface area (Å²) in [5.74, 6) is 1.53. The van der Waals surface area contributed by atoms with Crippen LogP contribution in [0.3, 0.4) is 0 Å². The van der Waals surface area contributed by atoms with Crippen molar-refractivity contribution in [1.29, 1.82) is 0 Å². The molecule has 7 nitrogen and oxygen atoms in total. The Morgan fingerprint density at radius 3 is 3.04 bits per heavy atom. The van der Waals surface area contributed by atoms with E-state index >= 15 is 0 Å². The van der Waals surface area contributed by atoms with Crippen LogP contribution < -0.4 is 9.47 Å². The number of amides is 2. The molecular formula is C18H20N2O5. The fraction of sp³-hybridized carbons (Fsp3) is 0.556. The van der Waals surface area contributed by atoms with Gasteiger partial charge in [0.05, 0.1) is 25.5 Å². The monoisotopic (exact) mass is 344 g/mol. The molecule has 25 heavy (non-hydrogen) atoms. The molecule has 1 spiro atoms. The van der Waals surface area contributed by atoms with Crippen molar-refractivity contribution < 1.29 is 23.8 Å². The lowest BCUT2D eigenvalue weighted by molar-refractivity contribution is -0.181. The van der Waals surface area contributed by atoms with Gasteiger partial charge in [0.25, 0.3) is 0 Å². The van der Waals surface area contributed by atoms with E-state index in [1.807, 2.05) is 28.0 Å². The summed E-state index contributed by atoms with van der Waals surface area (Å²) < 4.78 is 16.7. The summed E-state index contributed by atoms with van der Waals surface area (Å²) in [6.45, 7) is 2.25. The smallest absolute Gasteiger partial charge is 0.231 e. The molecule has 5 rings (SSSR count). The van der Waals surface area contributed by atoms with Crippen LogP contribution in [0.4, 0.5) is 0 Å². The van der Waals surface area contributed by atoms with Crippen LogP contribution in [-0.2, 0) is 20.7 Å². The number of nitrogens with zero attached hydrogens (tertiary/aromatic N) is 2. The molecule has 1 aromatic rings. The maximum atomic E-state index is 12.9. The quantitative estimate of drug-likeness (QED) is 0.798. The Balaban J connectivity index is 1.35. The maximum Gasteiger partial charge on any atom is 0.231 e. The van der Waals surface area contributed by atoms with E-state index in [9.17, 15) is 9.59 Å². The lowest BCUT2D eigenvalue weighted by atomic mass is 10.0. The van der Waals surface area contributed by atoms with Crippen molar-refractivity contribution in [2.75, 3.05) is 26.5 Å². The van der Waals surface area contributed by atoms with Gasteiger partial charge in [-0.05, 0) is 24.1 Å². The van der Waals surface area contributed by atoms with Crippen LogP contribution in [0, 0.1) is 0 Å². The minimum absolute atomic E-state index is 0.0320. The molecule has 3 saturated heterocycles. The predicted molar refractivity (Wildman–Crippen MR) is 86.0 cm³/mol. The summed E-state index contributed by atoms with van der Waals surface area (Å²) in [7, 11) is 0. The van der Waals surface area contributed by atoms with Crippen molar-refractivity contribution in [3.8, 4) is 11.5 Å². The largest absolute Gasteiger partial charge is 0.454 e. The van der Waals surface area contributed by atoms with Crippen molar-refractivity contribution in [2.45, 2.75) is 37.5 Å². The van der Waals surface area contributed by atoms with E-state index in [1.54, 1.807) is 0 Å². The summed E-state index contributed by atoms with van der Waals surface area (Å²) >= 11 is 0. The molecule has 0 unspecified atom stereocenters. The highest BCUT2D eigenvalue weighted by Crippen LogP contribution is 2.45. The molecule has 0 saturated carbocycles. The van der Waals surface area contributed by atoms with Crippen LogP contribution in [-0.4, -0.2) is 59.9 Å². The molecule has 132 valence electrons. The van der Waals surface area contributed by atoms with Crippen molar-refractivity contribution >= 4 is 11.8 Å². The van der Waals surface area contributed by atoms with Crippen molar-refractivity contribution in [3.63, 3.8) is 0 Å². The van der Waals surface area contributed by atoms with Crippen molar-refractivity contribution in [2.24, 2.45) is 0 Å². The molecule has 1 aromatic carbocycles. The number of likely N-dealkylation sites (tertiary alicyclic amines) is 1. The van der Waals surface area contributed by atoms with Gasteiger partial charge in [0.2, 0.25) is 18.6 Å². The van der Waals surface area contributed by atoms with Gasteiger partial charge in [0, 0.05) is 19.5 Å². The topological polar surface area (TPSA) is 68.3 Å². The van der Waals surface area contributed by atoms with Gasteiger partial charge in [-0.3, -0.25) is 9.59 Å². The second-order valence-corrected chi connectivity index (χ2v) is 7.01. The predicted octanol–water partition coefficient (Wildman–Crippen LogP) is 0.908. The number of hydrogen-bond acceptors (Lipinski definition) is 5. The highest BCUT2D eigenvalue weighted by molar-refractivity contribution is 5.85. The standard InChI is InChI=1S/C18H20N2O5/c21-16(9-12-2-3-13-14(8-12)24-11-23-13)19-6-4-18-15(19)10-17(22)20(18)5-1-7-25-18/h2-3,8,15H,1,4-7,9-11H2/t15-,18+/m1/s1. The molecule has 0 bridgehead atoms. The Hall–Kier alpha value is -2.28. The van der Waals surface area contributed by atoms with Crippen LogP contribution in [0.25, 0.3) is 0 Å². The third-order valence-electron chi connectivity index (χ3n) is 5.72. The van der Waals surface area contributed by atoms with Crippen LogP contribution in [0.15, 0.2) is 18.2 Å². The highest BCUT2D eigenvalue weighted by atomic mass is 16.7. The van der Waals surface area contributed by atoms with Gasteiger partial charge < -0.3 is 24.0 Å². The summed E-state index contributed by atoms with van der Waals surface area (Å²) in [5, 5.41) is 0. The lowest BCUT2D eigenvalue weighted by Crippen LogP contribution is -2.56. The van der Waals surface area contributed by atoms with E-state index in [0.29, 0.717) is 37.5 Å². The first-order valence-corrected chi connectivity index (χ1v) is 8.80. The van der Waals surface area contributed by atoms with Gasteiger partial charge in [-0.2, -0.15) is 0 Å². The molecule has 0 N–H and O–H groups in total. The SMILES string of the molecule is O=C(Cc1ccc2c(c1)OCO2)N1CC[C@@]23OCCCN2C(=O)C[C@@H]13. The zero-order valence-electron chi connectivity index (χ0n) is 13.9. The first-order valence-electron chi connectivity index (χ1n) is 8.80. The number of fused-ring (bicyclic) bond motifs is 1. The summed E-state index contributed by atoms with van der Waals surface area (Å²) in [6, 6.07) is 5.42. The molecule has 0 aliphatic carbocycles. The Morgan fingerprint density at radius 1 is 1.24 bits per heavy atom. The Kier molecular flexibility index (Phi) is 3.22. The highest BCUT2D eigenvalue weighted by Gasteiger charge is 2.61. The van der Waals surface area contributed by atoms with Gasteiger partial charge >= 0.3 is 0 Å². The first kappa shape index (κ1) is 15.0. The molecule has 2 atom stereocenters. The second-order valence-electron chi connectivity index (χ2n) is 7.01. The molecule has 3 fully saturated rings. The average molecular weight is 344 g/mol. The van der Waals surface area contributed by atoms with E-state index in [1.165, 1.54) is 0 Å². The number of ether oxygens (including phenoxy) is 3. The number of carbonyl (C=O) groups is 2. The molecule has 0 radical (unpaired) electrons. The summed E-state index contributed by atoms with van der Waals surface area (Å²) in [6.07, 6.45) is 2.23. The number of hydrogen-bond donors (Lipinski definition) is 0. The van der Waals surface area contributed by atoms with Crippen molar-refractivity contribution in [3.05, 3.63) is 23.8 Å². The molecule has 7 heteroatoms. The van der Waals surface area contributed by atoms with Crippen LogP contribution in [0.1, 0.15) is 24.8 Å². The number of carbonyl (C=O) groups excluding carboxylic acids is 2. The molecule has 2 amide bonds. The van der Waals surface area contributed by atoms with Crippen molar-refractivity contribution in [1.82, 2.24) is 9.80 Å².